The lowest BCUT2D eigenvalue weighted by molar-refractivity contribution is -0.231. The second-order valence-electron chi connectivity index (χ2n) is 8.45. The zero-order chi connectivity index (χ0) is 22.9. The molecule has 0 amide bonds. The van der Waals surface area contributed by atoms with Gasteiger partial charge in [0.05, 0.1) is 18.1 Å². The Labute approximate surface area is 188 Å². The molecule has 5 atom stereocenters. The molecule has 2 heterocycles. The molecule has 0 bridgehead atoms. The van der Waals surface area contributed by atoms with Gasteiger partial charge < -0.3 is 24.1 Å². The first kappa shape index (κ1) is 23.3. The van der Waals surface area contributed by atoms with Crippen LogP contribution in [-0.4, -0.2) is 56.6 Å². The van der Waals surface area contributed by atoms with Crippen LogP contribution < -0.4 is 0 Å². The van der Waals surface area contributed by atoms with E-state index < -0.39 is 53.2 Å². The first-order valence-corrected chi connectivity index (χ1v) is 11.9. The fourth-order valence-electron chi connectivity index (χ4n) is 3.80. The molecule has 0 radical (unpaired) electrons. The molecule has 8 nitrogen and oxygen atoms in total. The average Bonchev–Trinajstić information content (AvgIpc) is 3.23. The van der Waals surface area contributed by atoms with E-state index in [2.05, 4.69) is 0 Å². The van der Waals surface area contributed by atoms with E-state index in [9.17, 15) is 13.5 Å². The van der Waals surface area contributed by atoms with Crippen LogP contribution in [0.2, 0.25) is 0 Å². The Kier molecular flexibility index (Phi) is 6.69. The SMILES string of the molecule is Cc1ccc(S(=O)(=O)OCC(O)[C@H]2OC3OC(C)(C)OC3[C@H]2OCc2ccccc2)cc1. The molecule has 0 saturated carbocycles. The number of rotatable bonds is 8. The molecule has 2 fully saturated rings. The first-order chi connectivity index (χ1) is 15.1. The molecule has 0 aliphatic carbocycles. The van der Waals surface area contributed by atoms with Crippen molar-refractivity contribution in [3.63, 3.8) is 0 Å². The lowest BCUT2D eigenvalue weighted by atomic mass is 10.1. The van der Waals surface area contributed by atoms with Crippen LogP contribution in [0.5, 0.6) is 0 Å². The number of aliphatic hydroxyl groups is 1. The van der Waals surface area contributed by atoms with Crippen LogP contribution in [0.3, 0.4) is 0 Å². The van der Waals surface area contributed by atoms with Crippen molar-refractivity contribution in [1.82, 2.24) is 0 Å². The molecule has 32 heavy (non-hydrogen) atoms. The summed E-state index contributed by atoms with van der Waals surface area (Å²) in [7, 11) is -4.03. The van der Waals surface area contributed by atoms with E-state index in [0.717, 1.165) is 11.1 Å². The molecule has 4 rings (SSSR count). The number of ether oxygens (including phenoxy) is 4. The van der Waals surface area contributed by atoms with Gasteiger partial charge in [-0.3, -0.25) is 4.18 Å². The highest BCUT2D eigenvalue weighted by Crippen LogP contribution is 2.40. The van der Waals surface area contributed by atoms with Crippen molar-refractivity contribution in [1.29, 1.82) is 0 Å². The van der Waals surface area contributed by atoms with Gasteiger partial charge in [0.1, 0.15) is 24.4 Å². The standard InChI is InChI=1S/C23H28O8S/c1-15-9-11-17(12-10-15)32(25,26)28-14-18(24)19-20(27-13-16-7-5-4-6-8-16)21-22(29-19)31-23(2,3)30-21/h4-12,18-22,24H,13-14H2,1-3H3/t18?,19-,20+,21?,22?/m1/s1. The van der Waals surface area contributed by atoms with Gasteiger partial charge in [0.25, 0.3) is 10.1 Å². The van der Waals surface area contributed by atoms with Crippen molar-refractivity contribution in [3.8, 4) is 0 Å². The molecule has 0 aromatic heterocycles. The normalized spacial score (nSPS) is 27.9. The van der Waals surface area contributed by atoms with Crippen LogP contribution in [0.15, 0.2) is 59.5 Å². The van der Waals surface area contributed by atoms with Crippen LogP contribution in [-0.2, 0) is 39.9 Å². The Bertz CT molecular complexity index is 1010. The average molecular weight is 465 g/mol. The largest absolute Gasteiger partial charge is 0.388 e. The predicted molar refractivity (Wildman–Crippen MR) is 114 cm³/mol. The van der Waals surface area contributed by atoms with Crippen molar-refractivity contribution in [2.24, 2.45) is 0 Å². The minimum atomic E-state index is -4.03. The monoisotopic (exact) mass is 464 g/mol. The molecule has 174 valence electrons. The highest BCUT2D eigenvalue weighted by atomic mass is 32.2. The minimum Gasteiger partial charge on any atom is -0.388 e. The van der Waals surface area contributed by atoms with Gasteiger partial charge in [-0.05, 0) is 38.5 Å². The van der Waals surface area contributed by atoms with Crippen LogP contribution in [0, 0.1) is 6.92 Å². The summed E-state index contributed by atoms with van der Waals surface area (Å²) >= 11 is 0. The molecule has 1 N–H and O–H groups in total. The molecular formula is C23H28O8S. The first-order valence-electron chi connectivity index (χ1n) is 10.5. The maximum atomic E-state index is 12.5. The van der Waals surface area contributed by atoms with Crippen LogP contribution >= 0.6 is 0 Å². The smallest absolute Gasteiger partial charge is 0.297 e. The van der Waals surface area contributed by atoms with Gasteiger partial charge in [0.15, 0.2) is 12.1 Å². The third-order valence-electron chi connectivity index (χ3n) is 5.40. The third kappa shape index (κ3) is 5.20. The molecule has 2 aliphatic rings. The Morgan fingerprint density at radius 2 is 1.75 bits per heavy atom. The van der Waals surface area contributed by atoms with E-state index in [1.165, 1.54) is 12.1 Å². The van der Waals surface area contributed by atoms with E-state index in [4.69, 9.17) is 23.1 Å². The maximum absolute atomic E-state index is 12.5. The summed E-state index contributed by atoms with van der Waals surface area (Å²) in [6.45, 7) is 5.18. The number of fused-ring (bicyclic) bond motifs is 1. The highest BCUT2D eigenvalue weighted by Gasteiger charge is 2.57. The van der Waals surface area contributed by atoms with Gasteiger partial charge >= 0.3 is 0 Å². The fourth-order valence-corrected chi connectivity index (χ4v) is 4.72. The van der Waals surface area contributed by atoms with E-state index in [-0.39, 0.29) is 11.5 Å². The van der Waals surface area contributed by atoms with Crippen molar-refractivity contribution in [2.45, 2.75) is 68.8 Å². The number of aryl methyl sites for hydroxylation is 1. The highest BCUT2D eigenvalue weighted by molar-refractivity contribution is 7.86. The summed E-state index contributed by atoms with van der Waals surface area (Å²) in [6.07, 6.45) is -4.15. The molecular weight excluding hydrogens is 436 g/mol. The predicted octanol–water partition coefficient (Wildman–Crippen LogP) is 2.52. The van der Waals surface area contributed by atoms with Gasteiger partial charge in [-0.2, -0.15) is 8.42 Å². The third-order valence-corrected chi connectivity index (χ3v) is 6.69. The van der Waals surface area contributed by atoms with Crippen molar-refractivity contribution in [3.05, 3.63) is 65.7 Å². The second-order valence-corrected chi connectivity index (χ2v) is 10.1. The van der Waals surface area contributed by atoms with Crippen LogP contribution in [0.4, 0.5) is 0 Å². The Morgan fingerprint density at radius 1 is 1.06 bits per heavy atom. The molecule has 2 aromatic carbocycles. The Balaban J connectivity index is 1.44. The summed E-state index contributed by atoms with van der Waals surface area (Å²) in [4.78, 5) is 0.0183. The second kappa shape index (κ2) is 9.18. The van der Waals surface area contributed by atoms with Crippen LogP contribution in [0.25, 0.3) is 0 Å². The zero-order valence-electron chi connectivity index (χ0n) is 18.2. The molecule has 3 unspecified atom stereocenters. The minimum absolute atomic E-state index is 0.0183. The van der Waals surface area contributed by atoms with Gasteiger partial charge in [0, 0.05) is 0 Å². The van der Waals surface area contributed by atoms with E-state index in [1.54, 1.807) is 26.0 Å². The number of hydrogen-bond acceptors (Lipinski definition) is 8. The molecule has 2 aliphatic heterocycles. The Morgan fingerprint density at radius 3 is 2.44 bits per heavy atom. The Hall–Kier alpha value is -1.85. The lowest BCUT2D eigenvalue weighted by Gasteiger charge is -2.28. The van der Waals surface area contributed by atoms with Crippen molar-refractivity contribution < 1.29 is 36.7 Å². The zero-order valence-corrected chi connectivity index (χ0v) is 19.0. The summed E-state index contributed by atoms with van der Waals surface area (Å²) in [5.41, 5.74) is 1.87. The number of aliphatic hydroxyl groups excluding tert-OH is 1. The maximum Gasteiger partial charge on any atom is 0.297 e. The topological polar surface area (TPSA) is 101 Å². The number of benzene rings is 2. The fraction of sp³-hybridized carbons (Fsp3) is 0.478. The van der Waals surface area contributed by atoms with Gasteiger partial charge in [-0.15, -0.1) is 0 Å². The van der Waals surface area contributed by atoms with Gasteiger partial charge in [-0.25, -0.2) is 0 Å². The van der Waals surface area contributed by atoms with Gasteiger partial charge in [-0.1, -0.05) is 48.0 Å². The molecule has 2 saturated heterocycles. The van der Waals surface area contributed by atoms with Crippen LogP contribution in [0.1, 0.15) is 25.0 Å². The van der Waals surface area contributed by atoms with Crippen molar-refractivity contribution in [2.75, 3.05) is 6.61 Å². The van der Waals surface area contributed by atoms with E-state index in [0.29, 0.717) is 0 Å². The quantitative estimate of drug-likeness (QED) is 0.595. The summed E-state index contributed by atoms with van der Waals surface area (Å²) in [5.74, 6) is -0.856. The summed E-state index contributed by atoms with van der Waals surface area (Å²) in [5, 5.41) is 10.8. The molecule has 0 spiro atoms. The molecule has 2 aromatic rings. The van der Waals surface area contributed by atoms with E-state index in [1.807, 2.05) is 37.3 Å². The van der Waals surface area contributed by atoms with E-state index >= 15 is 0 Å². The lowest BCUT2D eigenvalue weighted by Crippen LogP contribution is -2.44. The number of hydrogen-bond donors (Lipinski definition) is 1. The summed E-state index contributed by atoms with van der Waals surface area (Å²) < 4.78 is 53.7. The van der Waals surface area contributed by atoms with Gasteiger partial charge in [0.2, 0.25) is 0 Å². The van der Waals surface area contributed by atoms with Crippen molar-refractivity contribution >= 4 is 10.1 Å². The molecule has 9 heteroatoms. The summed E-state index contributed by atoms with van der Waals surface area (Å²) in [6, 6.07) is 15.8.